The van der Waals surface area contributed by atoms with Crippen LogP contribution in [0.2, 0.25) is 0 Å². The topological polar surface area (TPSA) is 80.9 Å². The van der Waals surface area contributed by atoms with Gasteiger partial charge in [0.2, 0.25) is 0 Å². The molecule has 0 aliphatic rings. The molecule has 0 aliphatic heterocycles. The van der Waals surface area contributed by atoms with E-state index in [9.17, 15) is 0 Å². The molecule has 0 saturated heterocycles. The predicted molar refractivity (Wildman–Crippen MR) is 111 cm³/mol. The molecule has 4 N–H and O–H groups in total. The Morgan fingerprint density at radius 1 is 0.423 bits per heavy atom. The summed E-state index contributed by atoms with van der Waals surface area (Å²) in [6.07, 6.45) is 4.18. The molecule has 0 heterocycles. The molecule has 0 fully saturated rings. The first-order valence-electron chi connectivity index (χ1n) is 9.70. The van der Waals surface area contributed by atoms with Gasteiger partial charge in [0.05, 0.1) is 22.4 Å². The fourth-order valence-electron chi connectivity index (χ4n) is 0.250. The van der Waals surface area contributed by atoms with E-state index < -0.39 is 22.4 Å². The minimum atomic E-state index is -0.458. The SMILES string of the molecule is CCC(C)(C)O.CCC(C)(C)O.CCC(C)(C)O.CCC(C)(O)CC.[Hf]. The third-order valence-electron chi connectivity index (χ3n) is 4.12. The van der Waals surface area contributed by atoms with Crippen molar-refractivity contribution in [1.29, 1.82) is 0 Å². The van der Waals surface area contributed by atoms with E-state index >= 15 is 0 Å². The van der Waals surface area contributed by atoms with E-state index in [-0.39, 0.29) is 25.8 Å². The van der Waals surface area contributed by atoms with Gasteiger partial charge in [0, 0.05) is 25.8 Å². The minimum Gasteiger partial charge on any atom is -0.390 e. The van der Waals surface area contributed by atoms with Gasteiger partial charge in [-0.1, -0.05) is 34.6 Å². The van der Waals surface area contributed by atoms with E-state index in [0.29, 0.717) is 0 Å². The van der Waals surface area contributed by atoms with Crippen LogP contribution in [-0.4, -0.2) is 42.8 Å². The summed E-state index contributed by atoms with van der Waals surface area (Å²) in [6.45, 7) is 22.5. The molecule has 0 saturated carbocycles. The van der Waals surface area contributed by atoms with Gasteiger partial charge >= 0.3 is 0 Å². The maximum absolute atomic E-state index is 9.13. The van der Waals surface area contributed by atoms with Gasteiger partial charge in [-0.05, 0) is 80.6 Å². The fourth-order valence-corrected chi connectivity index (χ4v) is 0.250. The number of hydrogen-bond acceptors (Lipinski definition) is 4. The van der Waals surface area contributed by atoms with Crippen LogP contribution in [0.25, 0.3) is 0 Å². The molecular weight excluding hydrogens is 495 g/mol. The molecule has 0 rings (SSSR count). The minimum absolute atomic E-state index is 0. The monoisotopic (exact) mass is 546 g/mol. The van der Waals surface area contributed by atoms with Crippen LogP contribution in [-0.2, 0) is 25.8 Å². The Labute approximate surface area is 183 Å². The smallest absolute Gasteiger partial charge is 0.0614 e. The van der Waals surface area contributed by atoms with Gasteiger partial charge < -0.3 is 20.4 Å². The molecule has 0 atom stereocenters. The van der Waals surface area contributed by atoms with Crippen LogP contribution < -0.4 is 0 Å². The number of rotatable bonds is 5. The Bertz CT molecular complexity index is 232. The summed E-state index contributed by atoms with van der Waals surface area (Å²) in [5, 5.41) is 35.6. The van der Waals surface area contributed by atoms with E-state index in [1.807, 2.05) is 41.5 Å². The van der Waals surface area contributed by atoms with Crippen LogP contribution in [0.5, 0.6) is 0 Å². The summed E-state index contributed by atoms with van der Waals surface area (Å²) in [7, 11) is 0. The normalized spacial score (nSPS) is 11.5. The maximum atomic E-state index is 9.13. The zero-order valence-corrected chi connectivity index (χ0v) is 23.4. The van der Waals surface area contributed by atoms with Gasteiger partial charge in [-0.15, -0.1) is 0 Å². The molecule has 0 bridgehead atoms. The first kappa shape index (κ1) is 37.5. The van der Waals surface area contributed by atoms with Gasteiger partial charge in [0.15, 0.2) is 0 Å². The molecular formula is C21H50HfO4. The summed E-state index contributed by atoms with van der Waals surface area (Å²) in [5.41, 5.74) is -1.79. The summed E-state index contributed by atoms with van der Waals surface area (Å²) < 4.78 is 0. The van der Waals surface area contributed by atoms with Crippen LogP contribution in [0.4, 0.5) is 0 Å². The molecule has 0 aliphatic carbocycles. The summed E-state index contributed by atoms with van der Waals surface area (Å²) in [4.78, 5) is 0. The standard InChI is InChI=1S/C6H14O.3C5H12O.Hf/c1-4-6(3,7)5-2;3*1-4-5(2,3)6;/h7H,4-5H2,1-3H3;3*6H,4H2,1-3H3;. The van der Waals surface area contributed by atoms with Crippen molar-refractivity contribution in [3.8, 4) is 0 Å². The second-order valence-corrected chi connectivity index (χ2v) is 8.70. The maximum Gasteiger partial charge on any atom is 0.0614 e. The van der Waals surface area contributed by atoms with Crippen LogP contribution in [0.15, 0.2) is 0 Å². The van der Waals surface area contributed by atoms with Crippen molar-refractivity contribution in [2.75, 3.05) is 0 Å². The molecule has 0 aromatic rings. The molecule has 0 spiro atoms. The van der Waals surface area contributed by atoms with E-state index in [1.54, 1.807) is 41.5 Å². The molecule has 4 nitrogen and oxygen atoms in total. The summed E-state index contributed by atoms with van der Waals surface area (Å²) in [5.74, 6) is 0. The Balaban J connectivity index is -0.0000000746. The molecule has 0 amide bonds. The Hall–Kier alpha value is 0.710. The van der Waals surface area contributed by atoms with Gasteiger partial charge in [0.1, 0.15) is 0 Å². The summed E-state index contributed by atoms with van der Waals surface area (Å²) in [6, 6.07) is 0. The van der Waals surface area contributed by atoms with Gasteiger partial charge in [-0.3, -0.25) is 0 Å². The zero-order valence-electron chi connectivity index (χ0n) is 19.8. The van der Waals surface area contributed by atoms with Gasteiger partial charge in [-0.2, -0.15) is 0 Å². The third-order valence-corrected chi connectivity index (χ3v) is 4.12. The molecule has 0 aromatic heterocycles. The van der Waals surface area contributed by atoms with Crippen LogP contribution in [0.1, 0.15) is 115 Å². The second-order valence-electron chi connectivity index (χ2n) is 8.70. The van der Waals surface area contributed by atoms with E-state index in [1.165, 1.54) is 0 Å². The Morgan fingerprint density at radius 3 is 0.538 bits per heavy atom. The number of aliphatic hydroxyl groups is 4. The molecule has 26 heavy (non-hydrogen) atoms. The van der Waals surface area contributed by atoms with E-state index in [4.69, 9.17) is 20.4 Å². The first-order valence-corrected chi connectivity index (χ1v) is 9.70. The predicted octanol–water partition coefficient (Wildman–Crippen LogP) is 5.06. The molecule has 0 radical (unpaired) electrons. The quantitative estimate of drug-likeness (QED) is 0.365. The molecule has 0 aromatic carbocycles. The van der Waals surface area contributed by atoms with Crippen molar-refractivity contribution in [2.45, 2.75) is 138 Å². The average Bonchev–Trinajstić information content (AvgIpc) is 2.47. The van der Waals surface area contributed by atoms with Crippen LogP contribution in [0.3, 0.4) is 0 Å². The van der Waals surface area contributed by atoms with Gasteiger partial charge in [0.25, 0.3) is 0 Å². The second kappa shape index (κ2) is 17.8. The van der Waals surface area contributed by atoms with Crippen molar-refractivity contribution in [2.24, 2.45) is 0 Å². The van der Waals surface area contributed by atoms with Crippen molar-refractivity contribution < 1.29 is 46.3 Å². The van der Waals surface area contributed by atoms with Crippen LogP contribution >= 0.6 is 0 Å². The molecule has 5 heteroatoms. The Morgan fingerprint density at radius 2 is 0.538 bits per heavy atom. The molecule has 0 unspecified atom stereocenters. The van der Waals surface area contributed by atoms with Crippen LogP contribution in [0, 0.1) is 0 Å². The van der Waals surface area contributed by atoms with E-state index in [2.05, 4.69) is 0 Å². The van der Waals surface area contributed by atoms with E-state index in [0.717, 1.165) is 32.1 Å². The Kier molecular flexibility index (Phi) is 25.6. The molecule has 162 valence electrons. The zero-order chi connectivity index (χ0) is 21.5. The average molecular weight is 545 g/mol. The summed E-state index contributed by atoms with van der Waals surface area (Å²) >= 11 is 0. The first-order chi connectivity index (χ1) is 10.8. The van der Waals surface area contributed by atoms with Crippen molar-refractivity contribution in [3.05, 3.63) is 0 Å². The largest absolute Gasteiger partial charge is 0.390 e. The number of hydrogen-bond donors (Lipinski definition) is 4. The van der Waals surface area contributed by atoms with Gasteiger partial charge in [-0.25, -0.2) is 0 Å². The van der Waals surface area contributed by atoms with Crippen molar-refractivity contribution >= 4 is 0 Å². The third kappa shape index (κ3) is 56.3. The van der Waals surface area contributed by atoms with Crippen molar-refractivity contribution in [1.82, 2.24) is 0 Å². The van der Waals surface area contributed by atoms with Crippen molar-refractivity contribution in [3.63, 3.8) is 0 Å². The fraction of sp³-hybridized carbons (Fsp3) is 1.00.